The van der Waals surface area contributed by atoms with Gasteiger partial charge in [-0.05, 0) is 42.5 Å². The van der Waals surface area contributed by atoms with Crippen LogP contribution < -0.4 is 9.47 Å². The van der Waals surface area contributed by atoms with Crippen molar-refractivity contribution in [3.8, 4) is 11.5 Å². The van der Waals surface area contributed by atoms with Crippen molar-refractivity contribution in [2.24, 2.45) is 0 Å². The molecule has 0 spiro atoms. The molecule has 1 aromatic carbocycles. The molecule has 1 atom stereocenters. The molecule has 0 N–H and O–H groups in total. The highest BCUT2D eigenvalue weighted by Gasteiger charge is 2.31. The number of morpholine rings is 1. The molecule has 30 heavy (non-hydrogen) atoms. The topological polar surface area (TPSA) is 68.3 Å². The minimum absolute atomic E-state index is 0.0138. The van der Waals surface area contributed by atoms with Crippen LogP contribution in [-0.4, -0.2) is 68.2 Å². The van der Waals surface area contributed by atoms with Crippen LogP contribution in [0.5, 0.6) is 11.5 Å². The second kappa shape index (κ2) is 9.49. The number of rotatable bonds is 6. The van der Waals surface area contributed by atoms with Crippen molar-refractivity contribution in [1.29, 1.82) is 0 Å². The molecule has 2 aliphatic heterocycles. The fourth-order valence-electron chi connectivity index (χ4n) is 3.92. The van der Waals surface area contributed by atoms with E-state index in [-0.39, 0.29) is 24.5 Å². The van der Waals surface area contributed by atoms with Crippen LogP contribution >= 0.6 is 11.3 Å². The molecule has 1 aromatic heterocycles. The number of ether oxygens (including phenoxy) is 3. The molecule has 7 nitrogen and oxygen atoms in total. The van der Waals surface area contributed by atoms with Gasteiger partial charge in [-0.2, -0.15) is 0 Å². The molecule has 2 fully saturated rings. The van der Waals surface area contributed by atoms with Gasteiger partial charge < -0.3 is 24.0 Å². The van der Waals surface area contributed by atoms with Crippen molar-refractivity contribution in [1.82, 2.24) is 9.80 Å². The van der Waals surface area contributed by atoms with Crippen LogP contribution in [0.15, 0.2) is 35.7 Å². The number of carbonyl (C=O) groups excluding carboxylic acids is 2. The molecule has 4 rings (SSSR count). The van der Waals surface area contributed by atoms with Crippen molar-refractivity contribution >= 4 is 23.2 Å². The lowest BCUT2D eigenvalue weighted by molar-refractivity contribution is -0.137. The number of nitrogens with zero attached hydrogens (tertiary/aromatic N) is 2. The lowest BCUT2D eigenvalue weighted by Crippen LogP contribution is -2.43. The number of hydrogen-bond acceptors (Lipinski definition) is 6. The van der Waals surface area contributed by atoms with Crippen LogP contribution in [0.4, 0.5) is 0 Å². The number of likely N-dealkylation sites (tertiary alicyclic amines) is 1. The maximum absolute atomic E-state index is 13.2. The molecule has 8 heteroatoms. The molecule has 0 aliphatic carbocycles. The number of benzene rings is 1. The SMILES string of the molecule is COc1cc(C(=O)N2CCC[C@@H]2c2cccs2)ccc1OCC(=O)N1CCOCC1. The summed E-state index contributed by atoms with van der Waals surface area (Å²) in [6.07, 6.45) is 1.98. The molecule has 0 unspecified atom stereocenters. The Labute approximate surface area is 180 Å². The molecule has 2 saturated heterocycles. The van der Waals surface area contributed by atoms with Gasteiger partial charge in [-0.15, -0.1) is 11.3 Å². The van der Waals surface area contributed by atoms with E-state index in [1.807, 2.05) is 16.3 Å². The standard InChI is InChI=1S/C22H26N2O5S/c1-27-19-14-16(22(26)24-8-2-4-17(24)20-5-3-13-30-20)6-7-18(19)29-15-21(25)23-9-11-28-12-10-23/h3,5-7,13-14,17H,2,4,8-12,15H2,1H3/t17-/m1/s1. The summed E-state index contributed by atoms with van der Waals surface area (Å²) in [5, 5.41) is 2.05. The normalized spacial score (nSPS) is 19.0. The molecule has 0 saturated carbocycles. The van der Waals surface area contributed by atoms with E-state index in [2.05, 4.69) is 6.07 Å². The van der Waals surface area contributed by atoms with Crippen molar-refractivity contribution < 1.29 is 23.8 Å². The Morgan fingerprint density at radius 2 is 2.00 bits per heavy atom. The molecule has 2 aromatic rings. The number of amides is 2. The van der Waals surface area contributed by atoms with Crippen LogP contribution in [0, 0.1) is 0 Å². The van der Waals surface area contributed by atoms with Crippen LogP contribution in [0.25, 0.3) is 0 Å². The third-order valence-electron chi connectivity index (χ3n) is 5.51. The minimum atomic E-state index is -0.0867. The number of thiophene rings is 1. The van der Waals surface area contributed by atoms with E-state index in [1.54, 1.807) is 34.4 Å². The fraction of sp³-hybridized carbons (Fsp3) is 0.455. The van der Waals surface area contributed by atoms with Gasteiger partial charge in [0.1, 0.15) is 0 Å². The summed E-state index contributed by atoms with van der Waals surface area (Å²) in [5.74, 6) is 0.797. The highest BCUT2D eigenvalue weighted by atomic mass is 32.1. The van der Waals surface area contributed by atoms with E-state index in [0.29, 0.717) is 43.4 Å². The first-order chi connectivity index (χ1) is 14.7. The number of hydrogen-bond donors (Lipinski definition) is 0. The molecule has 160 valence electrons. The van der Waals surface area contributed by atoms with Gasteiger partial charge in [0, 0.05) is 30.1 Å². The second-order valence-electron chi connectivity index (χ2n) is 7.32. The largest absolute Gasteiger partial charge is 0.493 e. The molecule has 2 aliphatic rings. The van der Waals surface area contributed by atoms with E-state index in [4.69, 9.17) is 14.2 Å². The van der Waals surface area contributed by atoms with Gasteiger partial charge >= 0.3 is 0 Å². The van der Waals surface area contributed by atoms with Gasteiger partial charge in [-0.25, -0.2) is 0 Å². The average Bonchev–Trinajstić information content (AvgIpc) is 3.49. The molecule has 0 bridgehead atoms. The molecular weight excluding hydrogens is 404 g/mol. The van der Waals surface area contributed by atoms with Gasteiger partial charge in [0.15, 0.2) is 18.1 Å². The zero-order valence-electron chi connectivity index (χ0n) is 17.0. The maximum atomic E-state index is 13.2. The van der Waals surface area contributed by atoms with E-state index in [0.717, 1.165) is 19.4 Å². The lowest BCUT2D eigenvalue weighted by Gasteiger charge is -2.27. The van der Waals surface area contributed by atoms with Crippen LogP contribution in [0.3, 0.4) is 0 Å². The van der Waals surface area contributed by atoms with E-state index in [9.17, 15) is 9.59 Å². The summed E-state index contributed by atoms with van der Waals surface area (Å²) in [6, 6.07) is 9.38. The molecular formula is C22H26N2O5S. The van der Waals surface area contributed by atoms with Gasteiger partial charge in [-0.3, -0.25) is 9.59 Å². The summed E-state index contributed by atoms with van der Waals surface area (Å²) in [4.78, 5) is 30.4. The quantitative estimate of drug-likeness (QED) is 0.705. The summed E-state index contributed by atoms with van der Waals surface area (Å²) in [5.41, 5.74) is 0.558. The van der Waals surface area contributed by atoms with E-state index < -0.39 is 0 Å². The maximum Gasteiger partial charge on any atom is 0.260 e. The van der Waals surface area contributed by atoms with Crippen molar-refractivity contribution in [3.63, 3.8) is 0 Å². The van der Waals surface area contributed by atoms with Crippen LogP contribution in [-0.2, 0) is 9.53 Å². The lowest BCUT2D eigenvalue weighted by atomic mass is 10.1. The third-order valence-corrected chi connectivity index (χ3v) is 6.48. The Morgan fingerprint density at radius 1 is 1.17 bits per heavy atom. The van der Waals surface area contributed by atoms with Gasteiger partial charge in [0.25, 0.3) is 11.8 Å². The van der Waals surface area contributed by atoms with Crippen LogP contribution in [0.2, 0.25) is 0 Å². The number of methoxy groups -OCH3 is 1. The van der Waals surface area contributed by atoms with Crippen molar-refractivity contribution in [2.75, 3.05) is 46.6 Å². The first-order valence-electron chi connectivity index (χ1n) is 10.2. The number of carbonyl (C=O) groups is 2. The van der Waals surface area contributed by atoms with E-state index in [1.165, 1.54) is 12.0 Å². The monoisotopic (exact) mass is 430 g/mol. The fourth-order valence-corrected chi connectivity index (χ4v) is 4.79. The van der Waals surface area contributed by atoms with Crippen molar-refractivity contribution in [2.45, 2.75) is 18.9 Å². The van der Waals surface area contributed by atoms with Gasteiger partial charge in [-0.1, -0.05) is 6.07 Å². The second-order valence-corrected chi connectivity index (χ2v) is 8.30. The van der Waals surface area contributed by atoms with Crippen LogP contribution in [0.1, 0.15) is 34.1 Å². The Balaban J connectivity index is 1.44. The molecule has 3 heterocycles. The molecule has 0 radical (unpaired) electrons. The zero-order valence-corrected chi connectivity index (χ0v) is 17.9. The Hall–Kier alpha value is -2.58. The summed E-state index contributed by atoms with van der Waals surface area (Å²) < 4.78 is 16.4. The minimum Gasteiger partial charge on any atom is -0.493 e. The highest BCUT2D eigenvalue weighted by Crippen LogP contribution is 2.36. The summed E-state index contributed by atoms with van der Waals surface area (Å²) >= 11 is 1.69. The van der Waals surface area contributed by atoms with Gasteiger partial charge in [0.2, 0.25) is 0 Å². The zero-order chi connectivity index (χ0) is 20.9. The predicted molar refractivity (Wildman–Crippen MR) is 113 cm³/mol. The summed E-state index contributed by atoms with van der Waals surface area (Å²) in [7, 11) is 1.53. The first kappa shape index (κ1) is 20.7. The van der Waals surface area contributed by atoms with Gasteiger partial charge in [0.05, 0.1) is 26.4 Å². The predicted octanol–water partition coefficient (Wildman–Crippen LogP) is 2.97. The third kappa shape index (κ3) is 4.44. The van der Waals surface area contributed by atoms with E-state index >= 15 is 0 Å². The Bertz CT molecular complexity index is 880. The van der Waals surface area contributed by atoms with Crippen molar-refractivity contribution in [3.05, 3.63) is 46.2 Å². The highest BCUT2D eigenvalue weighted by molar-refractivity contribution is 7.10. The first-order valence-corrected chi connectivity index (χ1v) is 11.1. The Kier molecular flexibility index (Phi) is 6.54. The average molecular weight is 431 g/mol. The smallest absolute Gasteiger partial charge is 0.260 e. The summed E-state index contributed by atoms with van der Waals surface area (Å²) in [6.45, 7) is 2.93. The Morgan fingerprint density at radius 3 is 2.73 bits per heavy atom. The molecule has 2 amide bonds.